The molecule has 3 atom stereocenters. The van der Waals surface area contributed by atoms with E-state index in [1.54, 1.807) is 0 Å². The summed E-state index contributed by atoms with van der Waals surface area (Å²) in [6.07, 6.45) is 17.0. The molecule has 0 saturated heterocycles. The van der Waals surface area contributed by atoms with Crippen molar-refractivity contribution in [2.45, 2.75) is 125 Å². The molecule has 0 aromatic heterocycles. The highest BCUT2D eigenvalue weighted by atomic mass is 32.9. The van der Waals surface area contributed by atoms with E-state index in [9.17, 15) is 4.89 Å². The first-order valence-electron chi connectivity index (χ1n) is 13.4. The molecule has 0 amide bonds. The molecule has 34 heavy (non-hydrogen) atoms. The quantitative estimate of drug-likeness (QED) is 0.0843. The van der Waals surface area contributed by atoms with Crippen molar-refractivity contribution in [3.63, 3.8) is 0 Å². The van der Waals surface area contributed by atoms with E-state index < -0.39 is 11.4 Å². The van der Waals surface area contributed by atoms with Gasteiger partial charge in [0.15, 0.2) is 0 Å². The van der Waals surface area contributed by atoms with Crippen molar-refractivity contribution < 1.29 is 19.2 Å². The van der Waals surface area contributed by atoms with E-state index in [4.69, 9.17) is 26.1 Å². The van der Waals surface area contributed by atoms with E-state index >= 15 is 0 Å². The number of hydrogen-bond donors (Lipinski definition) is 3. The molecule has 10 heteroatoms. The molecule has 0 fully saturated rings. The predicted octanol–water partition coefficient (Wildman–Crippen LogP) is 9.67. The van der Waals surface area contributed by atoms with Crippen LogP contribution in [-0.4, -0.2) is 32.8 Å². The van der Waals surface area contributed by atoms with Gasteiger partial charge in [-0.3, -0.25) is 0 Å². The summed E-state index contributed by atoms with van der Waals surface area (Å²) >= 11 is 12.4. The van der Waals surface area contributed by atoms with Crippen molar-refractivity contribution in [2.75, 3.05) is 18.1 Å². The van der Waals surface area contributed by atoms with Crippen LogP contribution in [-0.2, 0) is 28.1 Å². The maximum absolute atomic E-state index is 10.3. The maximum atomic E-state index is 10.3. The first-order valence-corrected chi connectivity index (χ1v) is 21.9. The average molecular weight is 597 g/mol. The largest absolute Gasteiger partial charge is 0.338 e. The van der Waals surface area contributed by atoms with Gasteiger partial charge in [0.1, 0.15) is 0 Å². The first kappa shape index (κ1) is 38.0. The van der Waals surface area contributed by atoms with Crippen molar-refractivity contribution in [1.29, 1.82) is 0 Å². The molecule has 0 rings (SSSR count). The van der Waals surface area contributed by atoms with E-state index in [0.717, 1.165) is 42.1 Å². The molecule has 3 N–H and O–H groups in total. The van der Waals surface area contributed by atoms with Crippen LogP contribution in [0.4, 0.5) is 0 Å². The summed E-state index contributed by atoms with van der Waals surface area (Å²) in [7, 11) is 0. The molecule has 0 spiro atoms. The van der Waals surface area contributed by atoms with Gasteiger partial charge < -0.3 is 19.2 Å². The van der Waals surface area contributed by atoms with Gasteiger partial charge >= 0.3 is 0 Å². The molecule has 0 saturated carbocycles. The van der Waals surface area contributed by atoms with Crippen LogP contribution in [0.15, 0.2) is 0 Å². The Kier molecular flexibility index (Phi) is 28.1. The zero-order valence-corrected chi connectivity index (χ0v) is 27.5. The molecule has 0 aliphatic heterocycles. The highest BCUT2D eigenvalue weighted by Crippen LogP contribution is 2.57. The summed E-state index contributed by atoms with van der Waals surface area (Å²) in [5.41, 5.74) is -5.62. The highest BCUT2D eigenvalue weighted by molar-refractivity contribution is 8.67. The zero-order chi connectivity index (χ0) is 26.3. The summed E-state index contributed by atoms with van der Waals surface area (Å²) in [5.74, 6) is 2.93. The monoisotopic (exact) mass is 596 g/mol. The van der Waals surface area contributed by atoms with Gasteiger partial charge in [0.05, 0.1) is 6.61 Å². The Labute approximate surface area is 230 Å². The van der Waals surface area contributed by atoms with Gasteiger partial charge in [-0.25, -0.2) is 0 Å². The van der Waals surface area contributed by atoms with Gasteiger partial charge in [0, 0.05) is 11.5 Å². The molecule has 208 valence electrons. The Hall–Kier alpha value is 1.84. The van der Waals surface area contributed by atoms with E-state index in [1.165, 1.54) is 82.0 Å². The topological polar surface area (TPSA) is 69.9 Å². The minimum absolute atomic E-state index is 0.544. The number of rotatable bonds is 22. The normalized spacial score (nSPS) is 15.3. The summed E-state index contributed by atoms with van der Waals surface area (Å²) < 4.78 is 5.72. The summed E-state index contributed by atoms with van der Waals surface area (Å²) in [6.45, 7) is 11.7. The minimum Gasteiger partial charge on any atom is -0.338 e. The Bertz CT molecular complexity index is 511. The van der Waals surface area contributed by atoms with Crippen molar-refractivity contribution in [2.24, 2.45) is 11.8 Å². The number of unbranched alkanes of at least 4 members (excludes halogenated alkanes) is 7. The van der Waals surface area contributed by atoms with Gasteiger partial charge in [-0.1, -0.05) is 128 Å². The molecule has 0 aliphatic carbocycles. The van der Waals surface area contributed by atoms with Crippen molar-refractivity contribution in [1.82, 2.24) is 0 Å². The average Bonchev–Trinajstić information content (AvgIpc) is 2.78. The van der Waals surface area contributed by atoms with Crippen molar-refractivity contribution in [3.8, 4) is 0 Å². The van der Waals surface area contributed by atoms with Crippen LogP contribution >= 0.6 is 34.2 Å². The molecule has 0 heterocycles. The molecule has 4 nitrogen and oxygen atoms in total. The summed E-state index contributed by atoms with van der Waals surface area (Å²) in [5, 5.41) is 0. The predicted molar refractivity (Wildman–Crippen MR) is 166 cm³/mol. The van der Waals surface area contributed by atoms with Gasteiger partial charge in [-0.15, -0.1) is 0 Å². The molecular weight excluding hydrogens is 542 g/mol. The smallest absolute Gasteiger partial charge is 0.244 e. The maximum Gasteiger partial charge on any atom is 0.244 e. The van der Waals surface area contributed by atoms with E-state index in [2.05, 4.69) is 46.4 Å². The fourth-order valence-electron chi connectivity index (χ4n) is 3.30. The lowest BCUT2D eigenvalue weighted by atomic mass is 10.0. The molecule has 0 radical (unpaired) electrons. The Morgan fingerprint density at radius 1 is 0.676 bits per heavy atom. The highest BCUT2D eigenvalue weighted by Gasteiger charge is 2.19. The first-order chi connectivity index (χ1) is 16.0. The van der Waals surface area contributed by atoms with Crippen molar-refractivity contribution >= 4 is 57.8 Å². The fourth-order valence-corrected chi connectivity index (χ4v) is 9.25. The molecule has 0 aliphatic rings. The second kappa shape index (κ2) is 25.1. The van der Waals surface area contributed by atoms with Crippen molar-refractivity contribution in [3.05, 3.63) is 0 Å². The van der Waals surface area contributed by atoms with E-state index in [1.807, 2.05) is 0 Å². The van der Waals surface area contributed by atoms with Crippen LogP contribution in [0.2, 0.25) is 0 Å². The third-order valence-corrected chi connectivity index (χ3v) is 13.5. The van der Waals surface area contributed by atoms with Crippen LogP contribution < -0.4 is 0 Å². The van der Waals surface area contributed by atoms with Crippen LogP contribution in [0.25, 0.3) is 0 Å². The van der Waals surface area contributed by atoms with Gasteiger partial charge in [0.25, 0.3) is 0 Å². The Balaban J connectivity index is 0. The Morgan fingerprint density at radius 2 is 1.18 bits per heavy atom. The molecule has 3 unspecified atom stereocenters. The molecule has 0 aromatic carbocycles. The van der Waals surface area contributed by atoms with Crippen LogP contribution in [0.5, 0.6) is 0 Å². The number of hydrogen-bond acceptors (Lipinski definition) is 5. The second-order valence-electron chi connectivity index (χ2n) is 8.98. The van der Waals surface area contributed by atoms with Crippen LogP contribution in [0.3, 0.4) is 0 Å². The third kappa shape index (κ3) is 28.4. The van der Waals surface area contributed by atoms with Gasteiger partial charge in [-0.2, -0.15) is 0 Å². The lowest BCUT2D eigenvalue weighted by Gasteiger charge is -2.22. The standard InChI is InChI=1S/C16H35O2PS2.C8H19O2PS2/c1-5-9-11-15(7-3)13-18-19(17,20)21-14-16(8-4)12-10-6-2;1-2-3-4-5-6-7-8-13-11(9,10)12/h15-16H,5-14H2,1-4H3,(H,17,20);2-8H2,1H3,(H2,9,10,12). The molecular formula is C24H54O4P2S4. The summed E-state index contributed by atoms with van der Waals surface area (Å²) in [4.78, 5) is 28.1. The zero-order valence-electron chi connectivity index (χ0n) is 22.5. The van der Waals surface area contributed by atoms with E-state index in [0.29, 0.717) is 18.4 Å². The lowest BCUT2D eigenvalue weighted by molar-refractivity contribution is 0.238. The molecule has 0 aromatic rings. The van der Waals surface area contributed by atoms with E-state index in [-0.39, 0.29) is 0 Å². The Morgan fingerprint density at radius 3 is 1.68 bits per heavy atom. The lowest BCUT2D eigenvalue weighted by Crippen LogP contribution is -2.08. The fraction of sp³-hybridized carbons (Fsp3) is 1.00. The SMILES string of the molecule is CCCCC(CC)COP(O)(=S)SCC(CC)CCCC.CCCCCCCCSP(O)(O)=S. The van der Waals surface area contributed by atoms with Crippen LogP contribution in [0.1, 0.15) is 125 Å². The second-order valence-corrected chi connectivity index (χ2v) is 21.4. The summed E-state index contributed by atoms with van der Waals surface area (Å²) in [6, 6.07) is 0. The van der Waals surface area contributed by atoms with Gasteiger partial charge in [-0.05, 0) is 54.7 Å². The third-order valence-electron chi connectivity index (χ3n) is 5.79. The molecule has 0 bridgehead atoms. The minimum atomic E-state index is -2.98. The van der Waals surface area contributed by atoms with Crippen LogP contribution in [0, 0.1) is 11.8 Å². The van der Waals surface area contributed by atoms with Gasteiger partial charge in [0.2, 0.25) is 11.4 Å².